The second kappa shape index (κ2) is 9.44. The zero-order valence-corrected chi connectivity index (χ0v) is 17.0. The number of rotatable bonds is 5. The smallest absolute Gasteiger partial charge is 0.306 e. The van der Waals surface area contributed by atoms with Gasteiger partial charge in [0, 0.05) is 17.9 Å². The van der Waals surface area contributed by atoms with Gasteiger partial charge in [0.2, 0.25) is 0 Å². The highest BCUT2D eigenvalue weighted by Gasteiger charge is 2.25. The zero-order valence-electron chi connectivity index (χ0n) is 16.2. The van der Waals surface area contributed by atoms with E-state index in [1.807, 2.05) is 0 Å². The first-order chi connectivity index (χ1) is 13.2. The molecule has 1 saturated heterocycles. The lowest BCUT2D eigenvalue weighted by molar-refractivity contribution is -0.143. The molecule has 1 N–H and O–H groups in total. The number of hydrogen-bond acceptors (Lipinski definition) is 3. The van der Waals surface area contributed by atoms with Crippen molar-refractivity contribution in [2.75, 3.05) is 31.1 Å². The maximum Gasteiger partial charge on any atom is 0.306 e. The van der Waals surface area contributed by atoms with Crippen LogP contribution in [0.4, 0.5) is 11.4 Å². The van der Waals surface area contributed by atoms with Gasteiger partial charge in [-0.25, -0.2) is 0 Å². The number of carboxylic acid groups (broad SMARTS) is 1. The number of hydrogen-bond donors (Lipinski definition) is 1. The Labute approximate surface area is 173 Å². The number of anilines is 2. The average Bonchev–Trinajstić information content (AvgIpc) is 2.86. The van der Waals surface area contributed by atoms with Crippen molar-refractivity contribution in [3.8, 4) is 0 Å². The van der Waals surface area contributed by atoms with Gasteiger partial charge < -0.3 is 14.9 Å². The van der Waals surface area contributed by atoms with Crippen LogP contribution in [0.15, 0.2) is 48.5 Å². The van der Waals surface area contributed by atoms with Gasteiger partial charge in [-0.05, 0) is 75.0 Å². The molecule has 0 aromatic heterocycles. The van der Waals surface area contributed by atoms with Crippen LogP contribution in [0.2, 0.25) is 0 Å². The number of likely N-dealkylation sites (tertiary alicyclic amines) is 1. The van der Waals surface area contributed by atoms with Gasteiger partial charge in [0.15, 0.2) is 0 Å². The van der Waals surface area contributed by atoms with Crippen molar-refractivity contribution in [1.29, 1.82) is 0 Å². The molecule has 4 rings (SSSR count). The molecule has 5 heteroatoms. The van der Waals surface area contributed by atoms with Gasteiger partial charge in [0.1, 0.15) is 0 Å². The molecule has 0 bridgehead atoms. The van der Waals surface area contributed by atoms with Crippen LogP contribution in [0.1, 0.15) is 30.4 Å². The Kier molecular flexibility index (Phi) is 6.97. The fourth-order valence-corrected chi connectivity index (χ4v) is 4.47. The third kappa shape index (κ3) is 4.50. The SMILES string of the molecule is Cl.O=C(O)C1CCN(CCCN2c3ccccc3CCc3ccccc32)CC1. The first-order valence-electron chi connectivity index (χ1n) is 10.1. The zero-order chi connectivity index (χ0) is 18.6. The Morgan fingerprint density at radius 2 is 1.43 bits per heavy atom. The van der Waals surface area contributed by atoms with Gasteiger partial charge in [-0.15, -0.1) is 12.4 Å². The van der Waals surface area contributed by atoms with Crippen molar-refractivity contribution >= 4 is 29.8 Å². The molecule has 0 unspecified atom stereocenters. The van der Waals surface area contributed by atoms with Crippen molar-refractivity contribution < 1.29 is 9.90 Å². The number of fused-ring (bicyclic) bond motifs is 2. The topological polar surface area (TPSA) is 43.8 Å². The summed E-state index contributed by atoms with van der Waals surface area (Å²) in [5.41, 5.74) is 5.53. The third-order valence-corrected chi connectivity index (χ3v) is 6.02. The molecular weight excluding hydrogens is 372 g/mol. The Balaban J connectivity index is 0.00000225. The van der Waals surface area contributed by atoms with Crippen molar-refractivity contribution in [3.63, 3.8) is 0 Å². The molecule has 1 fully saturated rings. The standard InChI is InChI=1S/C23H28N2O2.ClH/c26-23(27)20-12-16-24(17-13-20)14-5-15-25-21-8-3-1-6-18(21)10-11-19-7-2-4-9-22(19)25;/h1-4,6-9,20H,5,10-17H2,(H,26,27);1H. The lowest BCUT2D eigenvalue weighted by atomic mass is 9.97. The fraction of sp³-hybridized carbons (Fsp3) is 0.435. The summed E-state index contributed by atoms with van der Waals surface area (Å²) < 4.78 is 0. The number of carboxylic acids is 1. The summed E-state index contributed by atoms with van der Waals surface area (Å²) >= 11 is 0. The van der Waals surface area contributed by atoms with Crippen LogP contribution in [0.3, 0.4) is 0 Å². The van der Waals surface area contributed by atoms with Gasteiger partial charge in [-0.2, -0.15) is 0 Å². The molecule has 0 aliphatic carbocycles. The van der Waals surface area contributed by atoms with Crippen LogP contribution < -0.4 is 4.90 Å². The molecule has 2 aromatic rings. The molecule has 0 saturated carbocycles. The van der Waals surface area contributed by atoms with Crippen molar-refractivity contribution in [2.24, 2.45) is 5.92 Å². The average molecular weight is 401 g/mol. The lowest BCUT2D eigenvalue weighted by Gasteiger charge is -2.32. The highest BCUT2D eigenvalue weighted by molar-refractivity contribution is 5.85. The Hall–Kier alpha value is -2.04. The second-order valence-corrected chi connectivity index (χ2v) is 7.72. The third-order valence-electron chi connectivity index (χ3n) is 6.02. The van der Waals surface area contributed by atoms with Crippen LogP contribution in [0, 0.1) is 5.92 Å². The van der Waals surface area contributed by atoms with E-state index in [9.17, 15) is 4.79 Å². The highest BCUT2D eigenvalue weighted by atomic mass is 35.5. The first kappa shape index (κ1) is 20.7. The number of halogens is 1. The molecule has 150 valence electrons. The molecule has 4 nitrogen and oxygen atoms in total. The Morgan fingerprint density at radius 3 is 1.96 bits per heavy atom. The molecule has 0 spiro atoms. The quantitative estimate of drug-likeness (QED) is 0.800. The Morgan fingerprint density at radius 1 is 0.893 bits per heavy atom. The normalized spacial score (nSPS) is 17.2. The summed E-state index contributed by atoms with van der Waals surface area (Å²) in [4.78, 5) is 16.0. The van der Waals surface area contributed by atoms with E-state index in [-0.39, 0.29) is 18.3 Å². The van der Waals surface area contributed by atoms with Crippen molar-refractivity contribution in [3.05, 3.63) is 59.7 Å². The van der Waals surface area contributed by atoms with Crippen LogP contribution in [-0.4, -0.2) is 42.2 Å². The van der Waals surface area contributed by atoms with Gasteiger partial charge in [0.25, 0.3) is 0 Å². The number of nitrogens with zero attached hydrogens (tertiary/aromatic N) is 2. The summed E-state index contributed by atoms with van der Waals surface area (Å²) in [5, 5.41) is 9.16. The van der Waals surface area contributed by atoms with Crippen LogP contribution in [0.25, 0.3) is 0 Å². The fourth-order valence-electron chi connectivity index (χ4n) is 4.47. The summed E-state index contributed by atoms with van der Waals surface area (Å²) in [5.74, 6) is -0.780. The number of aliphatic carboxylic acids is 1. The van der Waals surface area contributed by atoms with E-state index in [0.717, 1.165) is 58.3 Å². The number of aryl methyl sites for hydroxylation is 2. The van der Waals surface area contributed by atoms with E-state index in [2.05, 4.69) is 58.3 Å². The van der Waals surface area contributed by atoms with Gasteiger partial charge >= 0.3 is 5.97 Å². The Bertz CT molecular complexity index is 755. The maximum absolute atomic E-state index is 11.1. The molecule has 28 heavy (non-hydrogen) atoms. The molecule has 0 radical (unpaired) electrons. The van der Waals surface area contributed by atoms with E-state index >= 15 is 0 Å². The van der Waals surface area contributed by atoms with Gasteiger partial charge in [-0.1, -0.05) is 36.4 Å². The van der Waals surface area contributed by atoms with Crippen LogP contribution in [0.5, 0.6) is 0 Å². The van der Waals surface area contributed by atoms with E-state index < -0.39 is 5.97 Å². The summed E-state index contributed by atoms with van der Waals surface area (Å²) in [7, 11) is 0. The van der Waals surface area contributed by atoms with E-state index in [0.29, 0.717) is 0 Å². The predicted molar refractivity (Wildman–Crippen MR) is 116 cm³/mol. The van der Waals surface area contributed by atoms with Crippen molar-refractivity contribution in [2.45, 2.75) is 32.1 Å². The lowest BCUT2D eigenvalue weighted by Crippen LogP contribution is -2.37. The minimum absolute atomic E-state index is 0. The number of carbonyl (C=O) groups is 1. The highest BCUT2D eigenvalue weighted by Crippen LogP contribution is 2.35. The van der Waals surface area contributed by atoms with E-state index in [1.54, 1.807) is 0 Å². The molecule has 2 aliphatic heterocycles. The minimum atomic E-state index is -0.632. The van der Waals surface area contributed by atoms with Gasteiger partial charge in [0.05, 0.1) is 5.92 Å². The molecular formula is C23H29ClN2O2. The van der Waals surface area contributed by atoms with Crippen molar-refractivity contribution in [1.82, 2.24) is 4.90 Å². The summed E-state index contributed by atoms with van der Waals surface area (Å²) in [6, 6.07) is 17.5. The van der Waals surface area contributed by atoms with Crippen LogP contribution in [-0.2, 0) is 17.6 Å². The van der Waals surface area contributed by atoms with Gasteiger partial charge in [-0.3, -0.25) is 4.79 Å². The summed E-state index contributed by atoms with van der Waals surface area (Å²) in [6.45, 7) is 3.84. The predicted octanol–water partition coefficient (Wildman–Crippen LogP) is 4.53. The summed E-state index contributed by atoms with van der Waals surface area (Å²) in [6.07, 6.45) is 4.83. The largest absolute Gasteiger partial charge is 0.481 e. The maximum atomic E-state index is 11.1. The molecule has 2 aromatic carbocycles. The number of piperidine rings is 1. The monoisotopic (exact) mass is 400 g/mol. The number of benzene rings is 2. The first-order valence-corrected chi connectivity index (χ1v) is 10.1. The van der Waals surface area contributed by atoms with E-state index in [1.165, 1.54) is 22.5 Å². The molecule has 0 atom stereocenters. The molecule has 0 amide bonds. The number of para-hydroxylation sites is 2. The minimum Gasteiger partial charge on any atom is -0.481 e. The molecule has 2 heterocycles. The van der Waals surface area contributed by atoms with E-state index in [4.69, 9.17) is 5.11 Å². The van der Waals surface area contributed by atoms with Crippen LogP contribution >= 0.6 is 12.4 Å². The molecule has 2 aliphatic rings. The second-order valence-electron chi connectivity index (χ2n) is 7.72.